The number of ether oxygens (including phenoxy) is 5. The van der Waals surface area contributed by atoms with Crippen molar-refractivity contribution in [3.8, 4) is 0 Å². The van der Waals surface area contributed by atoms with E-state index in [1.807, 2.05) is 0 Å². The number of aliphatic hydroxyl groups excluding tert-OH is 1. The quantitative estimate of drug-likeness (QED) is 0.0857. The average molecular weight is 1010 g/mol. The Bertz CT molecular complexity index is 1970. The molecule has 0 unspecified atom stereocenters. The SMILES string of the molecule is CC(C)(C)[Si](C)(C)OC[C@@H](O[Si](C)(C)C(C)(C)C)[C@@H]1O[C@@H](OC[C@@H](O)[C@H]2OC(=O)[C@@H](OC(=O)c3ccccc3)[C@H]2OC(=O)c2ccccc2)[C@H](O[Si](C)(C)C(C)(C)C)[C@H]1O[Si](C)(C)C(C)(C)C. The molecule has 378 valence electrons. The van der Waals surface area contributed by atoms with Crippen LogP contribution in [-0.2, 0) is 46.2 Å². The number of hydrogen-bond donors (Lipinski definition) is 1. The summed E-state index contributed by atoms with van der Waals surface area (Å²) in [5.74, 6) is -2.61. The van der Waals surface area contributed by atoms with Gasteiger partial charge in [0.2, 0.25) is 6.10 Å². The van der Waals surface area contributed by atoms with Crippen molar-refractivity contribution in [1.82, 2.24) is 0 Å². The summed E-state index contributed by atoms with van der Waals surface area (Å²) in [5.41, 5.74) is 0.367. The molecule has 13 nitrogen and oxygen atoms in total. The lowest BCUT2D eigenvalue weighted by Gasteiger charge is -2.46. The molecule has 2 fully saturated rings. The molecule has 17 heteroatoms. The number of carbonyl (C=O) groups excluding carboxylic acids is 3. The van der Waals surface area contributed by atoms with Crippen LogP contribution >= 0.6 is 0 Å². The summed E-state index contributed by atoms with van der Waals surface area (Å²) in [7, 11) is -10.0. The molecule has 2 aromatic carbocycles. The fraction of sp³-hybridized carbons (Fsp3) is 0.700. The first-order valence-electron chi connectivity index (χ1n) is 23.8. The third-order valence-electron chi connectivity index (χ3n) is 15.1. The van der Waals surface area contributed by atoms with Crippen LogP contribution in [0, 0.1) is 0 Å². The first-order valence-corrected chi connectivity index (χ1v) is 35.4. The van der Waals surface area contributed by atoms with Crippen molar-refractivity contribution < 1.29 is 60.9 Å². The van der Waals surface area contributed by atoms with E-state index in [-0.39, 0.29) is 37.9 Å². The lowest BCUT2D eigenvalue weighted by molar-refractivity contribution is -0.197. The zero-order valence-electron chi connectivity index (χ0n) is 44.2. The normalized spacial score (nSPS) is 24.6. The molecule has 2 aliphatic rings. The van der Waals surface area contributed by atoms with Crippen LogP contribution in [0.2, 0.25) is 72.5 Å². The number of carbonyl (C=O) groups is 3. The fourth-order valence-corrected chi connectivity index (χ4v) is 11.5. The monoisotopic (exact) mass is 1000 g/mol. The van der Waals surface area contributed by atoms with Gasteiger partial charge in [0.25, 0.3) is 0 Å². The van der Waals surface area contributed by atoms with Gasteiger partial charge in [-0.15, -0.1) is 0 Å². The summed E-state index contributed by atoms with van der Waals surface area (Å²) in [5, 5.41) is 11.4. The van der Waals surface area contributed by atoms with E-state index < -0.39 is 113 Å². The number of benzene rings is 2. The van der Waals surface area contributed by atoms with Gasteiger partial charge in [0.1, 0.15) is 24.4 Å². The molecule has 0 radical (unpaired) electrons. The molecule has 9 atom stereocenters. The Hall–Kier alpha value is -2.56. The molecule has 2 aromatic rings. The van der Waals surface area contributed by atoms with Gasteiger partial charge in [-0.25, -0.2) is 14.4 Å². The summed E-state index contributed by atoms with van der Waals surface area (Å²) in [6.07, 6.45) is -10.2. The number of cyclic esters (lactones) is 1. The molecule has 0 bridgehead atoms. The largest absolute Gasteiger partial charge is 0.453 e. The average Bonchev–Trinajstić information content (AvgIpc) is 3.68. The zero-order chi connectivity index (χ0) is 50.9. The Balaban J connectivity index is 1.80. The van der Waals surface area contributed by atoms with Gasteiger partial charge in [-0.05, 0) is 96.8 Å². The second kappa shape index (κ2) is 21.0. The number of aliphatic hydroxyl groups is 1. The van der Waals surface area contributed by atoms with Crippen LogP contribution in [0.5, 0.6) is 0 Å². The molecule has 2 saturated heterocycles. The minimum absolute atomic E-state index is 0.0757. The van der Waals surface area contributed by atoms with Gasteiger partial charge in [0, 0.05) is 0 Å². The molecule has 2 aliphatic heterocycles. The fourth-order valence-electron chi connectivity index (χ4n) is 6.56. The van der Waals surface area contributed by atoms with E-state index in [0.717, 1.165) is 0 Å². The minimum Gasteiger partial charge on any atom is -0.453 e. The van der Waals surface area contributed by atoms with Crippen molar-refractivity contribution in [2.24, 2.45) is 0 Å². The van der Waals surface area contributed by atoms with Crippen LogP contribution < -0.4 is 0 Å². The molecule has 67 heavy (non-hydrogen) atoms. The molecular weight excluding hydrogens is 921 g/mol. The Morgan fingerprint density at radius 2 is 1.01 bits per heavy atom. The lowest BCUT2D eigenvalue weighted by Crippen LogP contribution is -2.58. The molecule has 1 N–H and O–H groups in total. The Labute approximate surface area is 406 Å². The Kier molecular flexibility index (Phi) is 17.9. The van der Waals surface area contributed by atoms with Gasteiger partial charge in [0.05, 0.1) is 30.4 Å². The Morgan fingerprint density at radius 3 is 1.46 bits per heavy atom. The van der Waals surface area contributed by atoms with E-state index in [1.54, 1.807) is 48.5 Å². The summed E-state index contributed by atoms with van der Waals surface area (Å²) in [6.45, 7) is 43.7. The summed E-state index contributed by atoms with van der Waals surface area (Å²) in [4.78, 5) is 40.4. The van der Waals surface area contributed by atoms with Crippen molar-refractivity contribution in [1.29, 1.82) is 0 Å². The van der Waals surface area contributed by atoms with Crippen molar-refractivity contribution in [3.05, 3.63) is 71.8 Å². The maximum Gasteiger partial charge on any atom is 0.352 e. The highest BCUT2D eigenvalue weighted by Crippen LogP contribution is 2.47. The van der Waals surface area contributed by atoms with Gasteiger partial charge in [-0.2, -0.15) is 0 Å². The highest BCUT2D eigenvalue weighted by molar-refractivity contribution is 6.75. The topological polar surface area (TPSA) is 155 Å². The molecular formula is C50H84O13Si4. The number of rotatable bonds is 18. The van der Waals surface area contributed by atoms with Gasteiger partial charge < -0.3 is 46.5 Å². The first-order chi connectivity index (χ1) is 30.4. The third kappa shape index (κ3) is 13.9. The zero-order valence-corrected chi connectivity index (χ0v) is 48.2. The van der Waals surface area contributed by atoms with E-state index in [2.05, 4.69) is 135 Å². The Morgan fingerprint density at radius 1 is 0.582 bits per heavy atom. The van der Waals surface area contributed by atoms with Crippen LogP contribution in [0.15, 0.2) is 60.7 Å². The highest BCUT2D eigenvalue weighted by atomic mass is 28.4. The van der Waals surface area contributed by atoms with Crippen LogP contribution in [0.3, 0.4) is 0 Å². The molecule has 0 saturated carbocycles. The molecule has 0 aliphatic carbocycles. The number of hydrogen-bond acceptors (Lipinski definition) is 13. The van der Waals surface area contributed by atoms with Crippen molar-refractivity contribution in [2.45, 2.75) is 211 Å². The van der Waals surface area contributed by atoms with E-state index in [0.29, 0.717) is 0 Å². The smallest absolute Gasteiger partial charge is 0.352 e. The van der Waals surface area contributed by atoms with Gasteiger partial charge in [0.15, 0.2) is 51.8 Å². The second-order valence-corrected chi connectivity index (χ2v) is 43.5. The van der Waals surface area contributed by atoms with E-state index in [4.69, 9.17) is 41.4 Å². The van der Waals surface area contributed by atoms with Crippen molar-refractivity contribution in [2.75, 3.05) is 13.2 Å². The summed E-state index contributed by atoms with van der Waals surface area (Å²) < 4.78 is 60.2. The second-order valence-electron chi connectivity index (χ2n) is 24.4. The highest BCUT2D eigenvalue weighted by Gasteiger charge is 2.59. The van der Waals surface area contributed by atoms with E-state index in [9.17, 15) is 19.5 Å². The summed E-state index contributed by atoms with van der Waals surface area (Å²) in [6, 6.07) is 16.3. The van der Waals surface area contributed by atoms with Gasteiger partial charge in [-0.3, -0.25) is 0 Å². The molecule has 4 rings (SSSR count). The molecule has 0 spiro atoms. The number of esters is 3. The van der Waals surface area contributed by atoms with Crippen molar-refractivity contribution in [3.63, 3.8) is 0 Å². The molecule has 0 aromatic heterocycles. The predicted octanol–water partition coefficient (Wildman–Crippen LogP) is 10.7. The van der Waals surface area contributed by atoms with E-state index >= 15 is 0 Å². The van der Waals surface area contributed by atoms with Gasteiger partial charge in [-0.1, -0.05) is 119 Å². The predicted molar refractivity (Wildman–Crippen MR) is 271 cm³/mol. The van der Waals surface area contributed by atoms with Gasteiger partial charge >= 0.3 is 17.9 Å². The maximum atomic E-state index is 13.6. The third-order valence-corrected chi connectivity index (χ3v) is 33.1. The molecule has 0 amide bonds. The van der Waals surface area contributed by atoms with Crippen LogP contribution in [0.25, 0.3) is 0 Å². The van der Waals surface area contributed by atoms with E-state index in [1.165, 1.54) is 12.1 Å². The van der Waals surface area contributed by atoms with Crippen LogP contribution in [0.1, 0.15) is 104 Å². The summed E-state index contributed by atoms with van der Waals surface area (Å²) >= 11 is 0. The van der Waals surface area contributed by atoms with Crippen LogP contribution in [-0.4, -0.2) is 125 Å². The first kappa shape index (κ1) is 57.0. The minimum atomic E-state index is -2.61. The van der Waals surface area contributed by atoms with Crippen molar-refractivity contribution >= 4 is 51.2 Å². The lowest BCUT2D eigenvalue weighted by atomic mass is 10.1. The van der Waals surface area contributed by atoms with Crippen LogP contribution in [0.4, 0.5) is 0 Å². The standard InChI is InChI=1S/C50H84O13Si4/c1-47(2,3)64(13,14)56-32-36(61-65(15,16)48(4,5)6)38-40(62-66(17,18)49(7,8)9)42(63-67(19,20)50(10,11)12)46(60-38)55-31-35(51)37-39(58-43(52)33-27-23-21-24-28-33)41(45(54)57-37)59-44(53)34-29-25-22-26-30-34/h21-30,35-42,46,51H,31-32H2,1-20H3/t35-,36-,37-,38+,39+,40+,41+,42-,46-/m1/s1. The molecule has 2 heterocycles. The maximum absolute atomic E-state index is 13.6.